The van der Waals surface area contributed by atoms with E-state index in [4.69, 9.17) is 14.2 Å². The van der Waals surface area contributed by atoms with Gasteiger partial charge in [-0.15, -0.1) is 0 Å². The number of nitrogens with zero attached hydrogens (tertiary/aromatic N) is 1. The Morgan fingerprint density at radius 1 is 1.08 bits per heavy atom. The number of rotatable bonds is 6. The van der Waals surface area contributed by atoms with Crippen molar-refractivity contribution < 1.29 is 28.6 Å². The van der Waals surface area contributed by atoms with Crippen LogP contribution in [0, 0.1) is 0 Å². The minimum atomic E-state index is -0.342. The molecule has 2 aromatic rings. The van der Waals surface area contributed by atoms with Crippen LogP contribution < -0.4 is 15.4 Å². The Labute approximate surface area is 216 Å². The molecule has 1 saturated heterocycles. The predicted octanol–water partition coefficient (Wildman–Crippen LogP) is 2.33. The highest BCUT2D eigenvalue weighted by molar-refractivity contribution is 6.00. The van der Waals surface area contributed by atoms with Crippen LogP contribution in [0.1, 0.15) is 40.7 Å². The van der Waals surface area contributed by atoms with E-state index in [0.717, 1.165) is 12.8 Å². The Morgan fingerprint density at radius 2 is 1.84 bits per heavy atom. The first-order valence-corrected chi connectivity index (χ1v) is 12.8. The maximum absolute atomic E-state index is 13.3. The number of benzene rings is 2. The van der Waals surface area contributed by atoms with E-state index in [1.54, 1.807) is 30.1 Å². The molecule has 9 heteroatoms. The van der Waals surface area contributed by atoms with Crippen LogP contribution in [0.3, 0.4) is 0 Å². The SMILES string of the molecule is COCC(=O)Nc1ccc2c(c1)C(=O)N(C)[C@@H]1CC[C@@H](CC(=O)NC3Cc4ccccc4C3)O[C@H]1CO2. The minimum Gasteiger partial charge on any atom is -0.490 e. The molecule has 0 spiro atoms. The summed E-state index contributed by atoms with van der Waals surface area (Å²) < 4.78 is 17.2. The minimum absolute atomic E-state index is 0.00848. The number of hydrogen-bond acceptors (Lipinski definition) is 6. The average molecular weight is 508 g/mol. The van der Waals surface area contributed by atoms with Gasteiger partial charge in [0.15, 0.2) is 0 Å². The molecule has 0 aromatic heterocycles. The fraction of sp³-hybridized carbons (Fsp3) is 0.464. The van der Waals surface area contributed by atoms with Crippen molar-refractivity contribution in [3.05, 3.63) is 59.2 Å². The molecule has 37 heavy (non-hydrogen) atoms. The second-order valence-electron chi connectivity index (χ2n) is 10.0. The number of fused-ring (bicyclic) bond motifs is 3. The summed E-state index contributed by atoms with van der Waals surface area (Å²) in [6, 6.07) is 13.3. The van der Waals surface area contributed by atoms with Crippen molar-refractivity contribution in [2.75, 3.05) is 32.7 Å². The van der Waals surface area contributed by atoms with Gasteiger partial charge in [-0.2, -0.15) is 0 Å². The summed E-state index contributed by atoms with van der Waals surface area (Å²) in [5.41, 5.74) is 3.48. The highest BCUT2D eigenvalue weighted by Gasteiger charge is 2.39. The zero-order valence-corrected chi connectivity index (χ0v) is 21.2. The molecule has 1 fully saturated rings. The molecule has 2 N–H and O–H groups in total. The van der Waals surface area contributed by atoms with E-state index in [1.807, 2.05) is 12.1 Å². The first-order valence-electron chi connectivity index (χ1n) is 12.8. The lowest BCUT2D eigenvalue weighted by Crippen LogP contribution is -2.54. The van der Waals surface area contributed by atoms with Gasteiger partial charge < -0.3 is 29.7 Å². The van der Waals surface area contributed by atoms with Crippen LogP contribution in [0.15, 0.2) is 42.5 Å². The molecule has 2 aliphatic heterocycles. The molecule has 2 aromatic carbocycles. The van der Waals surface area contributed by atoms with Gasteiger partial charge in [-0.3, -0.25) is 14.4 Å². The number of nitrogens with one attached hydrogen (secondary N) is 2. The highest BCUT2D eigenvalue weighted by Crippen LogP contribution is 2.32. The maximum Gasteiger partial charge on any atom is 0.257 e. The lowest BCUT2D eigenvalue weighted by Gasteiger charge is -2.42. The summed E-state index contributed by atoms with van der Waals surface area (Å²) in [7, 11) is 3.21. The molecule has 3 atom stereocenters. The van der Waals surface area contributed by atoms with Crippen molar-refractivity contribution in [1.82, 2.24) is 10.2 Å². The van der Waals surface area contributed by atoms with Crippen molar-refractivity contribution in [3.63, 3.8) is 0 Å². The third kappa shape index (κ3) is 5.62. The van der Waals surface area contributed by atoms with Gasteiger partial charge in [0.2, 0.25) is 11.8 Å². The van der Waals surface area contributed by atoms with Gasteiger partial charge in [-0.25, -0.2) is 0 Å². The van der Waals surface area contributed by atoms with E-state index in [0.29, 0.717) is 29.8 Å². The molecule has 5 rings (SSSR count). The van der Waals surface area contributed by atoms with Crippen LogP contribution in [-0.2, 0) is 31.9 Å². The average Bonchev–Trinajstić information content (AvgIpc) is 3.28. The fourth-order valence-electron chi connectivity index (χ4n) is 5.59. The fourth-order valence-corrected chi connectivity index (χ4v) is 5.59. The Morgan fingerprint density at radius 3 is 2.57 bits per heavy atom. The third-order valence-electron chi connectivity index (χ3n) is 7.40. The number of carbonyl (C=O) groups excluding carboxylic acids is 3. The summed E-state index contributed by atoms with van der Waals surface area (Å²) >= 11 is 0. The second-order valence-corrected chi connectivity index (χ2v) is 10.0. The summed E-state index contributed by atoms with van der Waals surface area (Å²) in [4.78, 5) is 39.7. The van der Waals surface area contributed by atoms with Gasteiger partial charge >= 0.3 is 0 Å². The van der Waals surface area contributed by atoms with Crippen molar-refractivity contribution in [2.45, 2.75) is 56.4 Å². The first-order chi connectivity index (χ1) is 17.9. The number of anilines is 1. The Balaban J connectivity index is 1.20. The number of methoxy groups -OCH3 is 1. The molecular weight excluding hydrogens is 474 g/mol. The molecule has 0 radical (unpaired) electrons. The van der Waals surface area contributed by atoms with Gasteiger partial charge in [-0.05, 0) is 55.0 Å². The van der Waals surface area contributed by atoms with Crippen LogP contribution in [0.4, 0.5) is 5.69 Å². The van der Waals surface area contributed by atoms with Gasteiger partial charge in [0.1, 0.15) is 25.1 Å². The number of ether oxygens (including phenoxy) is 3. The van der Waals surface area contributed by atoms with Crippen molar-refractivity contribution in [2.24, 2.45) is 0 Å². The molecule has 196 valence electrons. The zero-order valence-electron chi connectivity index (χ0n) is 21.2. The Bertz CT molecular complexity index is 1160. The first kappa shape index (κ1) is 25.2. The Hall–Kier alpha value is -3.43. The largest absolute Gasteiger partial charge is 0.490 e. The van der Waals surface area contributed by atoms with Gasteiger partial charge in [0, 0.05) is 25.9 Å². The van der Waals surface area contributed by atoms with Gasteiger partial charge in [0.05, 0.1) is 24.1 Å². The Kier molecular flexibility index (Phi) is 7.43. The van der Waals surface area contributed by atoms with Gasteiger partial charge in [0.25, 0.3) is 5.91 Å². The van der Waals surface area contributed by atoms with E-state index in [-0.39, 0.29) is 61.6 Å². The van der Waals surface area contributed by atoms with Crippen LogP contribution in [-0.4, -0.2) is 74.3 Å². The topological polar surface area (TPSA) is 106 Å². The third-order valence-corrected chi connectivity index (χ3v) is 7.40. The summed E-state index contributed by atoms with van der Waals surface area (Å²) in [6.45, 7) is 0.191. The molecular formula is C28H33N3O6. The zero-order chi connectivity index (χ0) is 25.9. The molecule has 2 heterocycles. The predicted molar refractivity (Wildman–Crippen MR) is 137 cm³/mol. The summed E-state index contributed by atoms with van der Waals surface area (Å²) in [6.07, 6.45) is 2.82. The molecule has 3 amide bonds. The van der Waals surface area contributed by atoms with Crippen LogP contribution >= 0.6 is 0 Å². The van der Waals surface area contributed by atoms with E-state index < -0.39 is 0 Å². The highest BCUT2D eigenvalue weighted by atomic mass is 16.5. The van der Waals surface area contributed by atoms with E-state index >= 15 is 0 Å². The number of hydrogen-bond donors (Lipinski definition) is 2. The quantitative estimate of drug-likeness (QED) is 0.622. The van der Waals surface area contributed by atoms with Crippen LogP contribution in [0.2, 0.25) is 0 Å². The standard InChI is InChI=1S/C28H33N3O6/c1-31-23-9-8-21(14-26(32)30-20-11-17-5-3-4-6-18(17)12-20)37-25(23)15-36-24-10-7-19(13-22(24)28(31)34)29-27(33)16-35-2/h3-7,10,13,20-21,23,25H,8-9,11-12,14-16H2,1-2H3,(H,29,33)(H,30,32)/t21-,23+,25-/m0/s1. The normalized spacial score (nSPS) is 23.1. The monoisotopic (exact) mass is 507 g/mol. The van der Waals surface area contributed by atoms with Crippen LogP contribution in [0.25, 0.3) is 0 Å². The number of carbonyl (C=O) groups is 3. The van der Waals surface area contributed by atoms with E-state index in [1.165, 1.54) is 18.2 Å². The summed E-state index contributed by atoms with van der Waals surface area (Å²) in [5.74, 6) is -0.0772. The van der Waals surface area contributed by atoms with E-state index in [2.05, 4.69) is 22.8 Å². The number of amides is 3. The smallest absolute Gasteiger partial charge is 0.257 e. The molecule has 0 saturated carbocycles. The number of likely N-dealkylation sites (N-methyl/N-ethyl adjacent to an activating group) is 1. The lowest BCUT2D eigenvalue weighted by molar-refractivity contribution is -0.134. The lowest BCUT2D eigenvalue weighted by atomic mass is 9.94. The van der Waals surface area contributed by atoms with Crippen LogP contribution in [0.5, 0.6) is 5.75 Å². The summed E-state index contributed by atoms with van der Waals surface area (Å²) in [5, 5.41) is 5.89. The second kappa shape index (κ2) is 10.9. The van der Waals surface area contributed by atoms with Crippen molar-refractivity contribution >= 4 is 23.4 Å². The molecule has 9 nitrogen and oxygen atoms in total. The van der Waals surface area contributed by atoms with E-state index in [9.17, 15) is 14.4 Å². The maximum atomic E-state index is 13.3. The molecule has 0 bridgehead atoms. The molecule has 1 aliphatic carbocycles. The molecule has 0 unspecified atom stereocenters. The van der Waals surface area contributed by atoms with Crippen molar-refractivity contribution in [1.29, 1.82) is 0 Å². The molecule has 3 aliphatic rings. The van der Waals surface area contributed by atoms with Gasteiger partial charge in [-0.1, -0.05) is 24.3 Å². The van der Waals surface area contributed by atoms with Crippen molar-refractivity contribution in [3.8, 4) is 5.75 Å².